The number of hydrogen-bond donors (Lipinski definition) is 1. The lowest BCUT2D eigenvalue weighted by molar-refractivity contribution is -0.144. The van der Waals surface area contributed by atoms with Crippen LogP contribution in [0.4, 0.5) is 0 Å². The van der Waals surface area contributed by atoms with Crippen LogP contribution in [0.5, 0.6) is 0 Å². The van der Waals surface area contributed by atoms with Gasteiger partial charge in [-0.25, -0.2) is 4.79 Å². The van der Waals surface area contributed by atoms with Gasteiger partial charge in [0, 0.05) is 18.2 Å². The summed E-state index contributed by atoms with van der Waals surface area (Å²) in [5.74, 6) is -1.28. The van der Waals surface area contributed by atoms with E-state index in [1.165, 1.54) is 6.08 Å². The molecule has 126 valence electrons. The Hall–Kier alpha value is -2.36. The fourth-order valence-corrected chi connectivity index (χ4v) is 2.28. The molecule has 1 aromatic carbocycles. The second-order valence-corrected chi connectivity index (χ2v) is 5.67. The number of nitrogens with one attached hydrogen (secondary N) is 1. The van der Waals surface area contributed by atoms with Crippen molar-refractivity contribution < 1.29 is 19.1 Å². The van der Waals surface area contributed by atoms with E-state index >= 15 is 0 Å². The molecule has 1 heterocycles. The molecular formula is C17H17ClN2O4. The molecule has 0 saturated carbocycles. The summed E-state index contributed by atoms with van der Waals surface area (Å²) >= 11 is 5.78. The van der Waals surface area contributed by atoms with Gasteiger partial charge >= 0.3 is 5.97 Å². The van der Waals surface area contributed by atoms with Crippen molar-refractivity contribution in [1.82, 2.24) is 5.32 Å². The highest BCUT2D eigenvalue weighted by Crippen LogP contribution is 2.13. The van der Waals surface area contributed by atoms with Crippen LogP contribution in [0.15, 0.2) is 29.8 Å². The predicted molar refractivity (Wildman–Crippen MR) is 88.0 cm³/mol. The molecule has 1 saturated heterocycles. The van der Waals surface area contributed by atoms with Crippen molar-refractivity contribution in [1.29, 1.82) is 5.26 Å². The largest absolute Gasteiger partial charge is 0.451 e. The molecule has 0 spiro atoms. The molecule has 1 aliphatic rings. The number of ether oxygens (including phenoxy) is 2. The molecule has 1 N–H and O–H groups in total. The zero-order valence-corrected chi connectivity index (χ0v) is 13.7. The third-order valence-corrected chi connectivity index (χ3v) is 3.66. The van der Waals surface area contributed by atoms with Crippen molar-refractivity contribution in [2.24, 2.45) is 0 Å². The first-order chi connectivity index (χ1) is 11.6. The molecule has 0 aliphatic carbocycles. The molecule has 0 bridgehead atoms. The van der Waals surface area contributed by atoms with Crippen molar-refractivity contribution in [3.8, 4) is 6.07 Å². The Labute approximate surface area is 145 Å². The summed E-state index contributed by atoms with van der Waals surface area (Å²) in [6.45, 7) is 0.657. The van der Waals surface area contributed by atoms with E-state index in [2.05, 4.69) is 5.32 Å². The number of amides is 1. The quantitative estimate of drug-likeness (QED) is 0.483. The van der Waals surface area contributed by atoms with Crippen LogP contribution in [-0.4, -0.2) is 37.7 Å². The van der Waals surface area contributed by atoms with Crippen molar-refractivity contribution in [3.63, 3.8) is 0 Å². The SMILES string of the molecule is N#C/C(=C/c1ccc(Cl)cc1)C(=O)OCC(=O)NC[C@H]1CCCO1. The fraction of sp³-hybridized carbons (Fsp3) is 0.353. The van der Waals surface area contributed by atoms with Crippen LogP contribution in [0.25, 0.3) is 6.08 Å². The molecule has 1 fully saturated rings. The van der Waals surface area contributed by atoms with E-state index in [1.54, 1.807) is 30.3 Å². The van der Waals surface area contributed by atoms with Crippen LogP contribution in [-0.2, 0) is 19.1 Å². The molecule has 1 amide bonds. The molecule has 24 heavy (non-hydrogen) atoms. The highest BCUT2D eigenvalue weighted by molar-refractivity contribution is 6.30. The number of halogens is 1. The monoisotopic (exact) mass is 348 g/mol. The maximum atomic E-state index is 11.9. The average Bonchev–Trinajstić information content (AvgIpc) is 3.11. The van der Waals surface area contributed by atoms with E-state index in [1.807, 2.05) is 0 Å². The van der Waals surface area contributed by atoms with Gasteiger partial charge in [0.2, 0.25) is 0 Å². The Balaban J connectivity index is 1.82. The van der Waals surface area contributed by atoms with E-state index in [0.717, 1.165) is 12.8 Å². The number of carbonyl (C=O) groups is 2. The maximum absolute atomic E-state index is 11.9. The summed E-state index contributed by atoms with van der Waals surface area (Å²) in [6.07, 6.45) is 3.28. The molecular weight excluding hydrogens is 332 g/mol. The molecule has 1 aliphatic heterocycles. The van der Waals surface area contributed by atoms with Gasteiger partial charge in [-0.15, -0.1) is 0 Å². The number of carbonyl (C=O) groups excluding carboxylic acids is 2. The Kier molecular flexibility index (Phi) is 6.79. The van der Waals surface area contributed by atoms with Gasteiger partial charge in [0.15, 0.2) is 6.61 Å². The van der Waals surface area contributed by atoms with Crippen LogP contribution in [0.3, 0.4) is 0 Å². The first kappa shape index (κ1) is 18.0. The third kappa shape index (κ3) is 5.69. The molecule has 6 nitrogen and oxygen atoms in total. The first-order valence-corrected chi connectivity index (χ1v) is 7.89. The predicted octanol–water partition coefficient (Wildman–Crippen LogP) is 2.09. The topological polar surface area (TPSA) is 88.4 Å². The Morgan fingerprint density at radius 1 is 1.42 bits per heavy atom. The molecule has 0 aromatic heterocycles. The number of hydrogen-bond acceptors (Lipinski definition) is 5. The number of nitrogens with zero attached hydrogens (tertiary/aromatic N) is 1. The fourth-order valence-electron chi connectivity index (χ4n) is 2.16. The van der Waals surface area contributed by atoms with Gasteiger partial charge in [-0.1, -0.05) is 23.7 Å². The van der Waals surface area contributed by atoms with E-state index in [9.17, 15) is 9.59 Å². The minimum Gasteiger partial charge on any atom is -0.451 e. The van der Waals surface area contributed by atoms with E-state index in [0.29, 0.717) is 23.7 Å². The second kappa shape index (κ2) is 9.06. The molecule has 1 atom stereocenters. The summed E-state index contributed by atoms with van der Waals surface area (Å²) in [4.78, 5) is 23.5. The first-order valence-electron chi connectivity index (χ1n) is 7.51. The summed E-state index contributed by atoms with van der Waals surface area (Å²) in [5, 5.41) is 12.2. The van der Waals surface area contributed by atoms with Crippen molar-refractivity contribution >= 4 is 29.6 Å². The van der Waals surface area contributed by atoms with E-state index in [-0.39, 0.29) is 11.7 Å². The minimum atomic E-state index is -0.847. The number of rotatable bonds is 6. The molecule has 0 unspecified atom stereocenters. The Bertz CT molecular complexity index is 658. The van der Waals surface area contributed by atoms with Gasteiger partial charge in [0.1, 0.15) is 11.6 Å². The van der Waals surface area contributed by atoms with Crippen molar-refractivity contribution in [2.45, 2.75) is 18.9 Å². The van der Waals surface area contributed by atoms with Gasteiger partial charge in [-0.2, -0.15) is 5.26 Å². The lowest BCUT2D eigenvalue weighted by atomic mass is 10.1. The van der Waals surface area contributed by atoms with Crippen LogP contribution < -0.4 is 5.32 Å². The number of nitriles is 1. The Morgan fingerprint density at radius 3 is 2.79 bits per heavy atom. The molecule has 7 heteroatoms. The highest BCUT2D eigenvalue weighted by Gasteiger charge is 2.17. The number of esters is 1. The van der Waals surface area contributed by atoms with E-state index in [4.69, 9.17) is 26.3 Å². The van der Waals surface area contributed by atoms with Gasteiger partial charge < -0.3 is 14.8 Å². The van der Waals surface area contributed by atoms with Crippen molar-refractivity contribution in [3.05, 3.63) is 40.4 Å². The van der Waals surface area contributed by atoms with Gasteiger partial charge in [0.25, 0.3) is 5.91 Å². The van der Waals surface area contributed by atoms with Gasteiger partial charge in [-0.05, 0) is 36.6 Å². The van der Waals surface area contributed by atoms with Crippen LogP contribution >= 0.6 is 11.6 Å². The second-order valence-electron chi connectivity index (χ2n) is 5.24. The van der Waals surface area contributed by atoms with Crippen LogP contribution in [0.1, 0.15) is 18.4 Å². The number of benzene rings is 1. The summed E-state index contributed by atoms with van der Waals surface area (Å²) in [7, 11) is 0. The Morgan fingerprint density at radius 2 is 2.17 bits per heavy atom. The summed E-state index contributed by atoms with van der Waals surface area (Å²) < 4.78 is 10.2. The lowest BCUT2D eigenvalue weighted by Crippen LogP contribution is -2.34. The minimum absolute atomic E-state index is 0.0177. The third-order valence-electron chi connectivity index (χ3n) is 3.41. The molecule has 1 aromatic rings. The summed E-state index contributed by atoms with van der Waals surface area (Å²) in [6, 6.07) is 8.39. The van der Waals surface area contributed by atoms with Gasteiger partial charge in [0.05, 0.1) is 6.10 Å². The van der Waals surface area contributed by atoms with Crippen LogP contribution in [0, 0.1) is 11.3 Å². The summed E-state index contributed by atoms with van der Waals surface area (Å²) in [5.41, 5.74) is 0.444. The maximum Gasteiger partial charge on any atom is 0.349 e. The lowest BCUT2D eigenvalue weighted by Gasteiger charge is -2.10. The van der Waals surface area contributed by atoms with Crippen LogP contribution in [0.2, 0.25) is 5.02 Å². The zero-order valence-electron chi connectivity index (χ0n) is 13.0. The molecule has 0 radical (unpaired) electrons. The zero-order chi connectivity index (χ0) is 17.4. The normalized spacial score (nSPS) is 17.2. The smallest absolute Gasteiger partial charge is 0.349 e. The highest BCUT2D eigenvalue weighted by atomic mass is 35.5. The standard InChI is InChI=1S/C17H17ClN2O4/c18-14-5-3-12(4-6-14)8-13(9-19)17(22)24-11-16(21)20-10-15-2-1-7-23-15/h3-6,8,15H,1-2,7,10-11H2,(H,20,21)/b13-8-/t15-/m1/s1. The molecule has 2 rings (SSSR count). The van der Waals surface area contributed by atoms with E-state index < -0.39 is 18.5 Å². The van der Waals surface area contributed by atoms with Gasteiger partial charge in [-0.3, -0.25) is 4.79 Å². The average molecular weight is 349 g/mol. The van der Waals surface area contributed by atoms with Crippen molar-refractivity contribution in [2.75, 3.05) is 19.8 Å².